The second-order valence-electron chi connectivity index (χ2n) is 3.68. The average Bonchev–Trinajstić information content (AvgIpc) is 2.35. The Hall–Kier alpha value is -0.930. The number of ether oxygens (including phenoxy) is 1. The van der Waals surface area contributed by atoms with Crippen molar-refractivity contribution in [3.63, 3.8) is 0 Å². The van der Waals surface area contributed by atoms with E-state index in [9.17, 15) is 4.79 Å². The molecule has 0 N–H and O–H groups in total. The van der Waals surface area contributed by atoms with Gasteiger partial charge in [-0.1, -0.05) is 49.3 Å². The summed E-state index contributed by atoms with van der Waals surface area (Å²) in [6.45, 7) is 5.43. The normalized spacial score (nSPS) is 12.0. The van der Waals surface area contributed by atoms with Crippen LogP contribution in [0.2, 0.25) is 5.02 Å². The highest BCUT2D eigenvalue weighted by Gasteiger charge is 2.11. The molecule has 0 amide bonds. The molecule has 0 aromatic heterocycles. The van der Waals surface area contributed by atoms with Gasteiger partial charge in [-0.25, -0.2) is 0 Å². The number of thioether (sulfide) groups is 1. The number of hydrogen-bond acceptors (Lipinski definition) is 3. The van der Waals surface area contributed by atoms with Gasteiger partial charge in [-0.2, -0.15) is 0 Å². The fraction of sp³-hybridized carbons (Fsp3) is 0.357. The molecule has 0 radical (unpaired) electrons. The van der Waals surface area contributed by atoms with Gasteiger partial charge in [0, 0.05) is 23.1 Å². The summed E-state index contributed by atoms with van der Waals surface area (Å²) in [5.41, 5.74) is 0. The number of allylic oxidation sites excluding steroid dienone is 2. The van der Waals surface area contributed by atoms with Gasteiger partial charge in [-0.05, 0) is 18.6 Å². The first kappa shape index (κ1) is 15.1. The standard InChI is InChI=1S/C14H17ClO2S/c1-4-12(17-10(3)16)13(5-2)18-14-9-7-6-8-11(14)15/h6-9H,4-5H2,1-3H3/b13-12+. The monoisotopic (exact) mass is 284 g/mol. The SMILES string of the molecule is CC/C(OC(C)=O)=C(/CC)Sc1ccccc1Cl. The third kappa shape index (κ3) is 4.39. The maximum Gasteiger partial charge on any atom is 0.307 e. The summed E-state index contributed by atoms with van der Waals surface area (Å²) >= 11 is 7.69. The van der Waals surface area contributed by atoms with Crippen LogP contribution >= 0.6 is 23.4 Å². The molecule has 4 heteroatoms. The van der Waals surface area contributed by atoms with E-state index in [0.717, 1.165) is 22.0 Å². The second kappa shape index (κ2) is 7.49. The first-order valence-electron chi connectivity index (χ1n) is 5.91. The number of hydrogen-bond donors (Lipinski definition) is 0. The lowest BCUT2D eigenvalue weighted by atomic mass is 10.3. The zero-order valence-corrected chi connectivity index (χ0v) is 12.4. The van der Waals surface area contributed by atoms with Crippen LogP contribution in [0.1, 0.15) is 33.6 Å². The third-order valence-corrected chi connectivity index (χ3v) is 4.07. The number of rotatable bonds is 5. The van der Waals surface area contributed by atoms with E-state index in [1.807, 2.05) is 38.1 Å². The number of carbonyl (C=O) groups is 1. The van der Waals surface area contributed by atoms with Crippen LogP contribution in [0, 0.1) is 0 Å². The van der Waals surface area contributed by atoms with Crippen molar-refractivity contribution in [3.05, 3.63) is 40.0 Å². The van der Waals surface area contributed by atoms with Crippen LogP contribution in [0.4, 0.5) is 0 Å². The van der Waals surface area contributed by atoms with Crippen molar-refractivity contribution in [1.82, 2.24) is 0 Å². The van der Waals surface area contributed by atoms with Gasteiger partial charge >= 0.3 is 5.97 Å². The Bertz CT molecular complexity index is 455. The lowest BCUT2D eigenvalue weighted by Gasteiger charge is -2.12. The summed E-state index contributed by atoms with van der Waals surface area (Å²) in [6, 6.07) is 7.66. The van der Waals surface area contributed by atoms with Gasteiger partial charge in [0.1, 0.15) is 5.76 Å². The minimum atomic E-state index is -0.280. The molecule has 0 saturated carbocycles. The molecule has 0 heterocycles. The molecule has 1 aromatic rings. The predicted molar refractivity (Wildman–Crippen MR) is 76.7 cm³/mol. The molecular weight excluding hydrogens is 268 g/mol. The first-order valence-corrected chi connectivity index (χ1v) is 7.10. The van der Waals surface area contributed by atoms with Crippen molar-refractivity contribution in [2.24, 2.45) is 0 Å². The Morgan fingerprint density at radius 3 is 2.44 bits per heavy atom. The fourth-order valence-corrected chi connectivity index (χ4v) is 2.76. The predicted octanol–water partition coefficient (Wildman–Crippen LogP) is 5.03. The highest BCUT2D eigenvalue weighted by Crippen LogP contribution is 2.36. The molecule has 1 aromatic carbocycles. The fourth-order valence-electron chi connectivity index (χ4n) is 1.49. The van der Waals surface area contributed by atoms with Crippen LogP contribution < -0.4 is 0 Å². The van der Waals surface area contributed by atoms with Crippen LogP contribution in [0.15, 0.2) is 39.8 Å². The van der Waals surface area contributed by atoms with E-state index < -0.39 is 0 Å². The quantitative estimate of drug-likeness (QED) is 0.431. The molecule has 18 heavy (non-hydrogen) atoms. The summed E-state index contributed by atoms with van der Waals surface area (Å²) in [7, 11) is 0. The molecule has 0 aliphatic carbocycles. The van der Waals surface area contributed by atoms with Crippen molar-refractivity contribution < 1.29 is 9.53 Å². The maximum atomic E-state index is 11.1. The molecular formula is C14H17ClO2S. The number of carbonyl (C=O) groups excluding carboxylic acids is 1. The van der Waals surface area contributed by atoms with E-state index in [2.05, 4.69) is 0 Å². The largest absolute Gasteiger partial charge is 0.430 e. The van der Waals surface area contributed by atoms with Crippen LogP contribution in [0.3, 0.4) is 0 Å². The Morgan fingerprint density at radius 1 is 1.28 bits per heavy atom. The van der Waals surface area contributed by atoms with Crippen molar-refractivity contribution in [2.75, 3.05) is 0 Å². The van der Waals surface area contributed by atoms with Crippen LogP contribution in [0.5, 0.6) is 0 Å². The molecule has 0 fully saturated rings. The van der Waals surface area contributed by atoms with E-state index in [0.29, 0.717) is 11.4 Å². The van der Waals surface area contributed by atoms with Gasteiger partial charge in [-0.15, -0.1) is 0 Å². The van der Waals surface area contributed by atoms with Gasteiger partial charge in [0.2, 0.25) is 0 Å². The lowest BCUT2D eigenvalue weighted by molar-refractivity contribution is -0.137. The smallest absolute Gasteiger partial charge is 0.307 e. The van der Waals surface area contributed by atoms with Crippen molar-refractivity contribution >= 4 is 29.3 Å². The Kier molecular flexibility index (Phi) is 6.30. The highest BCUT2D eigenvalue weighted by atomic mass is 35.5. The van der Waals surface area contributed by atoms with Crippen molar-refractivity contribution in [3.8, 4) is 0 Å². The Morgan fingerprint density at radius 2 is 1.94 bits per heavy atom. The van der Waals surface area contributed by atoms with Crippen LogP contribution in [-0.2, 0) is 9.53 Å². The third-order valence-electron chi connectivity index (χ3n) is 2.29. The second-order valence-corrected chi connectivity index (χ2v) is 5.22. The molecule has 2 nitrogen and oxygen atoms in total. The molecule has 1 rings (SSSR count). The van der Waals surface area contributed by atoms with E-state index in [1.165, 1.54) is 6.92 Å². The molecule has 0 aliphatic heterocycles. The lowest BCUT2D eigenvalue weighted by Crippen LogP contribution is -2.00. The number of halogens is 1. The molecule has 98 valence electrons. The summed E-state index contributed by atoms with van der Waals surface area (Å²) in [5.74, 6) is 0.451. The summed E-state index contributed by atoms with van der Waals surface area (Å²) < 4.78 is 5.24. The molecule has 0 unspecified atom stereocenters. The van der Waals surface area contributed by atoms with Gasteiger partial charge in [0.25, 0.3) is 0 Å². The van der Waals surface area contributed by atoms with Gasteiger partial charge in [-0.3, -0.25) is 4.79 Å². The minimum Gasteiger partial charge on any atom is -0.430 e. The van der Waals surface area contributed by atoms with E-state index >= 15 is 0 Å². The molecule has 0 aliphatic rings. The zero-order chi connectivity index (χ0) is 13.5. The van der Waals surface area contributed by atoms with Gasteiger partial charge in [0.15, 0.2) is 0 Å². The first-order chi connectivity index (χ1) is 8.58. The van der Waals surface area contributed by atoms with Crippen molar-refractivity contribution in [1.29, 1.82) is 0 Å². The van der Waals surface area contributed by atoms with Crippen molar-refractivity contribution in [2.45, 2.75) is 38.5 Å². The summed E-state index contributed by atoms with van der Waals surface area (Å²) in [5, 5.41) is 0.715. The van der Waals surface area contributed by atoms with Crippen LogP contribution in [0.25, 0.3) is 0 Å². The average molecular weight is 285 g/mol. The topological polar surface area (TPSA) is 26.3 Å². The summed E-state index contributed by atoms with van der Waals surface area (Å²) in [6.07, 6.45) is 1.51. The maximum absolute atomic E-state index is 11.1. The molecule has 0 bridgehead atoms. The van der Waals surface area contributed by atoms with Gasteiger partial charge < -0.3 is 4.74 Å². The molecule has 0 spiro atoms. The number of benzene rings is 1. The molecule has 0 atom stereocenters. The van der Waals surface area contributed by atoms with E-state index in [-0.39, 0.29) is 5.97 Å². The number of esters is 1. The Labute approximate surface area is 117 Å². The molecule has 0 saturated heterocycles. The van der Waals surface area contributed by atoms with E-state index in [4.69, 9.17) is 16.3 Å². The Balaban J connectivity index is 2.99. The van der Waals surface area contributed by atoms with E-state index in [1.54, 1.807) is 11.8 Å². The van der Waals surface area contributed by atoms with Crippen LogP contribution in [-0.4, -0.2) is 5.97 Å². The van der Waals surface area contributed by atoms with Gasteiger partial charge in [0.05, 0.1) is 5.02 Å². The summed E-state index contributed by atoms with van der Waals surface area (Å²) in [4.78, 5) is 13.1. The highest BCUT2D eigenvalue weighted by molar-refractivity contribution is 8.03. The minimum absolute atomic E-state index is 0.280. The zero-order valence-electron chi connectivity index (χ0n) is 10.8.